The lowest BCUT2D eigenvalue weighted by atomic mass is 10.1. The molecule has 0 spiro atoms. The highest BCUT2D eigenvalue weighted by atomic mass is 35.5. The molecule has 128 valence electrons. The first-order valence-electron chi connectivity index (χ1n) is 8.19. The van der Waals surface area contributed by atoms with Gasteiger partial charge in [0, 0.05) is 29.6 Å². The summed E-state index contributed by atoms with van der Waals surface area (Å²) in [6.07, 6.45) is 4.66. The van der Waals surface area contributed by atoms with E-state index in [4.69, 9.17) is 11.6 Å². The Bertz CT molecular complexity index is 629. The van der Waals surface area contributed by atoms with E-state index in [0.717, 1.165) is 24.2 Å². The quantitative estimate of drug-likeness (QED) is 0.779. The normalized spacial score (nSPS) is 11.0. The SMILES string of the molecule is CC(C)CCN(CC(=O)Nc1ccc(Cl)cc1)Cc1cccnc1. The van der Waals surface area contributed by atoms with Crippen LogP contribution in [0.25, 0.3) is 0 Å². The van der Waals surface area contributed by atoms with Gasteiger partial charge in [-0.2, -0.15) is 0 Å². The summed E-state index contributed by atoms with van der Waals surface area (Å²) in [7, 11) is 0. The van der Waals surface area contributed by atoms with Crippen molar-refractivity contribution in [1.29, 1.82) is 0 Å². The molecule has 0 aliphatic carbocycles. The highest BCUT2D eigenvalue weighted by Gasteiger charge is 2.12. The van der Waals surface area contributed by atoms with Crippen LogP contribution in [0.4, 0.5) is 5.69 Å². The van der Waals surface area contributed by atoms with Gasteiger partial charge in [0.1, 0.15) is 0 Å². The van der Waals surface area contributed by atoms with Gasteiger partial charge in [0.15, 0.2) is 0 Å². The van der Waals surface area contributed by atoms with Gasteiger partial charge in [-0.25, -0.2) is 0 Å². The summed E-state index contributed by atoms with van der Waals surface area (Å²) in [5.74, 6) is 0.575. The minimum atomic E-state index is -0.0232. The molecule has 0 unspecified atom stereocenters. The third-order valence-corrected chi connectivity index (χ3v) is 3.90. The molecule has 0 fully saturated rings. The van der Waals surface area contributed by atoms with Crippen molar-refractivity contribution < 1.29 is 4.79 Å². The Kier molecular flexibility index (Phi) is 7.22. The largest absolute Gasteiger partial charge is 0.325 e. The van der Waals surface area contributed by atoms with Crippen molar-refractivity contribution in [3.8, 4) is 0 Å². The van der Waals surface area contributed by atoms with Gasteiger partial charge in [-0.1, -0.05) is 31.5 Å². The van der Waals surface area contributed by atoms with E-state index in [1.807, 2.05) is 18.3 Å². The average molecular weight is 346 g/mol. The predicted octanol–water partition coefficient (Wildman–Crippen LogP) is 4.22. The van der Waals surface area contributed by atoms with Crippen LogP contribution in [0, 0.1) is 5.92 Å². The molecule has 0 saturated heterocycles. The Labute approximate surface area is 148 Å². The Balaban J connectivity index is 1.95. The number of nitrogens with one attached hydrogen (secondary N) is 1. The molecule has 1 amide bonds. The smallest absolute Gasteiger partial charge is 0.238 e. The zero-order valence-corrected chi connectivity index (χ0v) is 15.0. The lowest BCUT2D eigenvalue weighted by molar-refractivity contribution is -0.117. The molecule has 1 aromatic carbocycles. The van der Waals surface area contributed by atoms with Crippen LogP contribution in [0.2, 0.25) is 5.02 Å². The van der Waals surface area contributed by atoms with Crippen LogP contribution < -0.4 is 5.32 Å². The lowest BCUT2D eigenvalue weighted by Crippen LogP contribution is -2.34. The molecule has 4 nitrogen and oxygen atoms in total. The van der Waals surface area contributed by atoms with E-state index < -0.39 is 0 Å². The van der Waals surface area contributed by atoms with Crippen LogP contribution in [-0.4, -0.2) is 28.9 Å². The maximum Gasteiger partial charge on any atom is 0.238 e. The number of benzene rings is 1. The number of carbonyl (C=O) groups excluding carboxylic acids is 1. The van der Waals surface area contributed by atoms with E-state index in [1.54, 1.807) is 30.5 Å². The highest BCUT2D eigenvalue weighted by Crippen LogP contribution is 2.14. The number of hydrogen-bond donors (Lipinski definition) is 1. The fourth-order valence-electron chi connectivity index (χ4n) is 2.34. The average Bonchev–Trinajstić information content (AvgIpc) is 2.55. The van der Waals surface area contributed by atoms with E-state index in [0.29, 0.717) is 24.0 Å². The Morgan fingerprint density at radius 3 is 2.62 bits per heavy atom. The Morgan fingerprint density at radius 1 is 1.25 bits per heavy atom. The van der Waals surface area contributed by atoms with Crippen LogP contribution in [0.1, 0.15) is 25.8 Å². The Morgan fingerprint density at radius 2 is 2.00 bits per heavy atom. The summed E-state index contributed by atoms with van der Waals surface area (Å²) in [6, 6.07) is 11.1. The van der Waals surface area contributed by atoms with Gasteiger partial charge in [-0.3, -0.25) is 14.7 Å². The fourth-order valence-corrected chi connectivity index (χ4v) is 2.47. The monoisotopic (exact) mass is 345 g/mol. The molecule has 0 atom stereocenters. The van der Waals surface area contributed by atoms with E-state index in [2.05, 4.69) is 29.0 Å². The predicted molar refractivity (Wildman–Crippen MR) is 99.1 cm³/mol. The maximum atomic E-state index is 12.3. The first kappa shape index (κ1) is 18.4. The highest BCUT2D eigenvalue weighted by molar-refractivity contribution is 6.30. The van der Waals surface area contributed by atoms with Crippen molar-refractivity contribution in [2.45, 2.75) is 26.8 Å². The summed E-state index contributed by atoms with van der Waals surface area (Å²) in [4.78, 5) is 18.6. The van der Waals surface area contributed by atoms with Crippen molar-refractivity contribution >= 4 is 23.2 Å². The molecule has 2 rings (SSSR count). The molecule has 2 aromatic rings. The van der Waals surface area contributed by atoms with Crippen molar-refractivity contribution in [3.63, 3.8) is 0 Å². The number of pyridine rings is 1. The minimum absolute atomic E-state index is 0.0232. The van der Waals surface area contributed by atoms with Crippen molar-refractivity contribution in [3.05, 3.63) is 59.4 Å². The zero-order chi connectivity index (χ0) is 17.4. The van der Waals surface area contributed by atoms with Crippen molar-refractivity contribution in [2.75, 3.05) is 18.4 Å². The number of halogens is 1. The standard InChI is InChI=1S/C19H24ClN3O/c1-15(2)9-11-23(13-16-4-3-10-21-12-16)14-19(24)22-18-7-5-17(20)6-8-18/h3-8,10,12,15H,9,11,13-14H2,1-2H3,(H,22,24). The molecule has 1 heterocycles. The van der Waals surface area contributed by atoms with E-state index in [1.165, 1.54) is 0 Å². The molecule has 1 aromatic heterocycles. The van der Waals surface area contributed by atoms with Gasteiger partial charge in [-0.05, 0) is 54.8 Å². The molecule has 0 aliphatic heterocycles. The topological polar surface area (TPSA) is 45.2 Å². The van der Waals surface area contributed by atoms with E-state index in [-0.39, 0.29) is 5.91 Å². The first-order chi connectivity index (χ1) is 11.5. The number of rotatable bonds is 8. The molecule has 0 saturated carbocycles. The molecular formula is C19H24ClN3O. The molecule has 0 aliphatic rings. The maximum absolute atomic E-state index is 12.3. The number of aromatic nitrogens is 1. The third-order valence-electron chi connectivity index (χ3n) is 3.65. The second kappa shape index (κ2) is 9.40. The molecule has 0 bridgehead atoms. The number of hydrogen-bond acceptors (Lipinski definition) is 3. The van der Waals surface area contributed by atoms with E-state index in [9.17, 15) is 4.79 Å². The fraction of sp³-hybridized carbons (Fsp3) is 0.368. The second-order valence-electron chi connectivity index (χ2n) is 6.31. The van der Waals surface area contributed by atoms with Gasteiger partial charge in [0.25, 0.3) is 0 Å². The third kappa shape index (κ3) is 6.69. The summed E-state index contributed by atoms with van der Waals surface area (Å²) in [5.41, 5.74) is 1.87. The molecular weight excluding hydrogens is 322 g/mol. The van der Waals surface area contributed by atoms with Gasteiger partial charge in [-0.15, -0.1) is 0 Å². The van der Waals surface area contributed by atoms with Crippen molar-refractivity contribution in [1.82, 2.24) is 9.88 Å². The zero-order valence-electron chi connectivity index (χ0n) is 14.2. The van der Waals surface area contributed by atoms with Crippen LogP contribution >= 0.6 is 11.6 Å². The van der Waals surface area contributed by atoms with Crippen molar-refractivity contribution in [2.24, 2.45) is 5.92 Å². The molecule has 5 heteroatoms. The lowest BCUT2D eigenvalue weighted by Gasteiger charge is -2.22. The number of anilines is 1. The second-order valence-corrected chi connectivity index (χ2v) is 6.75. The summed E-state index contributed by atoms with van der Waals surface area (Å²) in [6.45, 7) is 6.32. The number of amides is 1. The Hall–Kier alpha value is -1.91. The van der Waals surface area contributed by atoms with Gasteiger partial charge in [0.2, 0.25) is 5.91 Å². The van der Waals surface area contributed by atoms with Crippen LogP contribution in [0.5, 0.6) is 0 Å². The number of nitrogens with zero attached hydrogens (tertiary/aromatic N) is 2. The van der Waals surface area contributed by atoms with E-state index >= 15 is 0 Å². The molecule has 0 radical (unpaired) electrons. The summed E-state index contributed by atoms with van der Waals surface area (Å²) in [5, 5.41) is 3.57. The van der Waals surface area contributed by atoms with Gasteiger partial charge >= 0.3 is 0 Å². The van der Waals surface area contributed by atoms with Gasteiger partial charge < -0.3 is 5.32 Å². The minimum Gasteiger partial charge on any atom is -0.325 e. The van der Waals surface area contributed by atoms with Crippen LogP contribution in [0.3, 0.4) is 0 Å². The van der Waals surface area contributed by atoms with Crippen LogP contribution in [0.15, 0.2) is 48.8 Å². The summed E-state index contributed by atoms with van der Waals surface area (Å²) >= 11 is 5.87. The molecule has 1 N–H and O–H groups in total. The van der Waals surface area contributed by atoms with Gasteiger partial charge in [0.05, 0.1) is 6.54 Å². The number of carbonyl (C=O) groups is 1. The van der Waals surface area contributed by atoms with Crippen LogP contribution in [-0.2, 0) is 11.3 Å². The first-order valence-corrected chi connectivity index (χ1v) is 8.57. The summed E-state index contributed by atoms with van der Waals surface area (Å²) < 4.78 is 0. The molecule has 24 heavy (non-hydrogen) atoms.